The molecule has 40 heavy (non-hydrogen) atoms. The van der Waals surface area contributed by atoms with Crippen LogP contribution in [0.25, 0.3) is 0 Å². The second kappa shape index (κ2) is 11.3. The molecule has 1 heterocycles. The maximum atomic E-state index is 13.6. The third-order valence-electron chi connectivity index (χ3n) is 7.33. The number of aliphatic carboxylic acids is 1. The van der Waals surface area contributed by atoms with Gasteiger partial charge in [-0.15, -0.1) is 0 Å². The highest BCUT2D eigenvalue weighted by atomic mass is 19.4. The molecule has 0 radical (unpaired) electrons. The quantitative estimate of drug-likeness (QED) is 0.507. The summed E-state index contributed by atoms with van der Waals surface area (Å²) in [4.78, 5) is 40.8. The number of benzene rings is 2. The standard InChI is InChI=1S/C28H28F3N3O6/c1-5-40-25(36)21-22(18-11-9-17(14-32)10-12-18)27(26(37)38,15(2)24(35)39-4)16(3)34(23(21)33)20-8-6-7-19(13-20)28(29,30)31/h6-13,15-16,22H,5,33H2,1-4H3,(H,37,38)/p-1/t15-,16?,22?,27?/m0/s1. The minimum atomic E-state index is -4.74. The third-order valence-corrected chi connectivity index (χ3v) is 7.33. The zero-order chi connectivity index (χ0) is 30.0. The second-order valence-electron chi connectivity index (χ2n) is 9.25. The first-order valence-corrected chi connectivity index (χ1v) is 12.2. The van der Waals surface area contributed by atoms with Gasteiger partial charge in [-0.3, -0.25) is 4.79 Å². The van der Waals surface area contributed by atoms with Crippen molar-refractivity contribution in [3.8, 4) is 6.07 Å². The molecule has 0 fully saturated rings. The average Bonchev–Trinajstić information content (AvgIpc) is 2.91. The van der Waals surface area contributed by atoms with E-state index >= 15 is 0 Å². The van der Waals surface area contributed by atoms with Gasteiger partial charge in [-0.1, -0.05) is 25.1 Å². The van der Waals surface area contributed by atoms with Crippen LogP contribution in [0.5, 0.6) is 0 Å². The molecule has 0 aliphatic carbocycles. The van der Waals surface area contributed by atoms with Crippen molar-refractivity contribution in [3.63, 3.8) is 0 Å². The Morgan fingerprint density at radius 1 is 1.20 bits per heavy atom. The van der Waals surface area contributed by atoms with E-state index in [0.29, 0.717) is 0 Å². The van der Waals surface area contributed by atoms with Gasteiger partial charge in [-0.2, -0.15) is 18.4 Å². The van der Waals surface area contributed by atoms with E-state index in [-0.39, 0.29) is 29.2 Å². The number of hydrogen-bond acceptors (Lipinski definition) is 9. The number of nitrogens with two attached hydrogens (primary N) is 1. The van der Waals surface area contributed by atoms with Gasteiger partial charge in [0.1, 0.15) is 5.82 Å². The molecule has 0 bridgehead atoms. The normalized spacial score (nSPS) is 21.8. The molecule has 2 aromatic rings. The van der Waals surface area contributed by atoms with Crippen LogP contribution in [0.4, 0.5) is 18.9 Å². The van der Waals surface area contributed by atoms with E-state index in [1.165, 1.54) is 51.1 Å². The summed E-state index contributed by atoms with van der Waals surface area (Å²) in [6.45, 7) is 3.99. The number of ether oxygens (including phenoxy) is 2. The molecular formula is C28H27F3N3O6-. The van der Waals surface area contributed by atoms with Gasteiger partial charge in [0.05, 0.1) is 53.8 Å². The van der Waals surface area contributed by atoms with Crippen molar-refractivity contribution < 1.29 is 42.1 Å². The molecule has 0 spiro atoms. The number of nitrogens with zero attached hydrogens (tertiary/aromatic N) is 2. The van der Waals surface area contributed by atoms with Crippen molar-refractivity contribution >= 4 is 23.6 Å². The summed E-state index contributed by atoms with van der Waals surface area (Å²) in [7, 11) is 1.05. The number of carbonyl (C=O) groups excluding carboxylic acids is 3. The molecule has 0 saturated carbocycles. The van der Waals surface area contributed by atoms with Crippen LogP contribution in [0.15, 0.2) is 59.9 Å². The number of nitriles is 1. The molecule has 212 valence electrons. The Balaban J connectivity index is 2.51. The van der Waals surface area contributed by atoms with Crippen LogP contribution in [0.2, 0.25) is 0 Å². The fourth-order valence-corrected chi connectivity index (χ4v) is 5.45. The topological polar surface area (TPSA) is 146 Å². The van der Waals surface area contributed by atoms with Crippen molar-refractivity contribution in [2.45, 2.75) is 38.9 Å². The predicted molar refractivity (Wildman–Crippen MR) is 134 cm³/mol. The van der Waals surface area contributed by atoms with Crippen LogP contribution < -0.4 is 15.7 Å². The van der Waals surface area contributed by atoms with Crippen LogP contribution in [0.1, 0.15) is 43.4 Å². The second-order valence-corrected chi connectivity index (χ2v) is 9.25. The molecule has 2 aromatic carbocycles. The van der Waals surface area contributed by atoms with Crippen molar-refractivity contribution in [2.24, 2.45) is 17.1 Å². The summed E-state index contributed by atoms with van der Waals surface area (Å²) in [5, 5.41) is 22.5. The van der Waals surface area contributed by atoms with Crippen LogP contribution in [0, 0.1) is 22.7 Å². The maximum absolute atomic E-state index is 13.6. The Labute approximate surface area is 228 Å². The minimum Gasteiger partial charge on any atom is -0.549 e. The number of alkyl halides is 3. The Bertz CT molecular complexity index is 1380. The van der Waals surface area contributed by atoms with Gasteiger partial charge in [0, 0.05) is 17.6 Å². The van der Waals surface area contributed by atoms with E-state index in [2.05, 4.69) is 0 Å². The Morgan fingerprint density at radius 2 is 1.82 bits per heavy atom. The smallest absolute Gasteiger partial charge is 0.416 e. The van der Waals surface area contributed by atoms with Gasteiger partial charge in [-0.05, 0) is 49.7 Å². The summed E-state index contributed by atoms with van der Waals surface area (Å²) in [5.41, 5.74) is 2.95. The number of esters is 2. The first-order chi connectivity index (χ1) is 18.8. The minimum absolute atomic E-state index is 0.139. The Morgan fingerprint density at radius 3 is 2.33 bits per heavy atom. The summed E-state index contributed by atoms with van der Waals surface area (Å²) in [6.07, 6.45) is -4.74. The van der Waals surface area contributed by atoms with Crippen LogP contribution in [0.3, 0.4) is 0 Å². The molecule has 4 atom stereocenters. The molecule has 0 amide bonds. The molecule has 0 aromatic heterocycles. The van der Waals surface area contributed by atoms with Gasteiger partial charge in [-0.25, -0.2) is 4.79 Å². The summed E-state index contributed by atoms with van der Waals surface area (Å²) in [6, 6.07) is 10.1. The lowest BCUT2D eigenvalue weighted by atomic mass is 9.56. The number of methoxy groups -OCH3 is 1. The number of carboxylic acid groups (broad SMARTS) is 1. The van der Waals surface area contributed by atoms with Crippen molar-refractivity contribution in [2.75, 3.05) is 18.6 Å². The van der Waals surface area contributed by atoms with Crippen molar-refractivity contribution in [3.05, 3.63) is 76.6 Å². The Kier molecular flexibility index (Phi) is 8.48. The molecule has 3 rings (SSSR count). The number of rotatable bonds is 7. The van der Waals surface area contributed by atoms with Crippen molar-refractivity contribution in [1.82, 2.24) is 0 Å². The van der Waals surface area contributed by atoms with Crippen LogP contribution in [-0.2, 0) is 30.0 Å². The van der Waals surface area contributed by atoms with E-state index in [1.54, 1.807) is 0 Å². The van der Waals surface area contributed by atoms with E-state index in [4.69, 9.17) is 15.2 Å². The molecule has 12 heteroatoms. The zero-order valence-corrected chi connectivity index (χ0v) is 22.1. The first-order valence-electron chi connectivity index (χ1n) is 12.2. The number of halogens is 3. The third kappa shape index (κ3) is 4.95. The summed E-state index contributed by atoms with van der Waals surface area (Å²) in [5.74, 6) is -7.16. The van der Waals surface area contributed by atoms with Gasteiger partial charge >= 0.3 is 18.1 Å². The highest BCUT2D eigenvalue weighted by Gasteiger charge is 2.60. The van der Waals surface area contributed by atoms with Crippen molar-refractivity contribution in [1.29, 1.82) is 5.26 Å². The monoisotopic (exact) mass is 558 g/mol. The van der Waals surface area contributed by atoms with Crippen LogP contribution in [-0.4, -0.2) is 37.7 Å². The first kappa shape index (κ1) is 30.0. The zero-order valence-electron chi connectivity index (χ0n) is 22.1. The summed E-state index contributed by atoms with van der Waals surface area (Å²) >= 11 is 0. The fourth-order valence-electron chi connectivity index (χ4n) is 5.45. The number of carbonyl (C=O) groups is 3. The SMILES string of the molecule is CCOC(=O)C1=C(N)N(c2cccc(C(F)(F)F)c2)C(C)C(C(=O)[O-])([C@@H](C)C(=O)OC)C1c1ccc(C#N)cc1. The number of anilines is 1. The fraction of sp³-hybridized carbons (Fsp3) is 0.357. The molecule has 9 nitrogen and oxygen atoms in total. The van der Waals surface area contributed by atoms with Gasteiger partial charge in [0.25, 0.3) is 0 Å². The molecular weight excluding hydrogens is 531 g/mol. The summed E-state index contributed by atoms with van der Waals surface area (Å²) < 4.78 is 50.9. The lowest BCUT2D eigenvalue weighted by Gasteiger charge is -2.56. The van der Waals surface area contributed by atoms with Gasteiger partial charge in [0.15, 0.2) is 0 Å². The van der Waals surface area contributed by atoms with E-state index < -0.39 is 58.5 Å². The molecule has 1 aliphatic heterocycles. The molecule has 3 unspecified atom stereocenters. The number of carboxylic acids is 1. The van der Waals surface area contributed by atoms with Gasteiger partial charge < -0.3 is 30.0 Å². The highest BCUT2D eigenvalue weighted by Crippen LogP contribution is 2.55. The molecule has 0 saturated heterocycles. The highest BCUT2D eigenvalue weighted by molar-refractivity contribution is 5.97. The maximum Gasteiger partial charge on any atom is 0.416 e. The number of hydrogen-bond donors (Lipinski definition) is 1. The molecule has 1 aliphatic rings. The van der Waals surface area contributed by atoms with E-state index in [1.807, 2.05) is 6.07 Å². The average molecular weight is 559 g/mol. The van der Waals surface area contributed by atoms with E-state index in [0.717, 1.165) is 30.2 Å². The van der Waals surface area contributed by atoms with Crippen LogP contribution >= 0.6 is 0 Å². The Hall–Kier alpha value is -4.53. The van der Waals surface area contributed by atoms with E-state index in [9.17, 15) is 37.9 Å². The molecule has 2 N–H and O–H groups in total. The lowest BCUT2D eigenvalue weighted by molar-refractivity contribution is -0.324. The lowest BCUT2D eigenvalue weighted by Crippen LogP contribution is -2.66. The van der Waals surface area contributed by atoms with Gasteiger partial charge in [0.2, 0.25) is 0 Å². The predicted octanol–water partition coefficient (Wildman–Crippen LogP) is 2.85. The largest absolute Gasteiger partial charge is 0.549 e.